The first-order valence-corrected chi connectivity index (χ1v) is 11.6. The van der Waals surface area contributed by atoms with Gasteiger partial charge in [-0.05, 0) is 48.1 Å². The quantitative estimate of drug-likeness (QED) is 0.466. The highest BCUT2D eigenvalue weighted by Crippen LogP contribution is 2.25. The molecule has 1 aliphatic heterocycles. The Labute approximate surface area is 179 Å². The fraction of sp³-hybridized carbons (Fsp3) is 0.227. The predicted octanol–water partition coefficient (Wildman–Crippen LogP) is 4.49. The first kappa shape index (κ1) is 19.8. The monoisotopic (exact) mass is 422 g/mol. The third-order valence-electron chi connectivity index (χ3n) is 4.76. The van der Waals surface area contributed by atoms with Gasteiger partial charge in [-0.2, -0.15) is 0 Å². The van der Waals surface area contributed by atoms with E-state index in [-0.39, 0.29) is 11.7 Å². The number of amides is 1. The maximum Gasteiger partial charge on any atom is 0.234 e. The number of aromatic nitrogens is 2. The van der Waals surface area contributed by atoms with Gasteiger partial charge in [-0.25, -0.2) is 9.97 Å². The number of fused-ring (bicyclic) bond motifs is 1. The van der Waals surface area contributed by atoms with E-state index in [1.165, 1.54) is 22.9 Å². The smallest absolute Gasteiger partial charge is 0.234 e. The van der Waals surface area contributed by atoms with Crippen LogP contribution in [0.5, 0.6) is 0 Å². The standard InChI is InChI=1S/C22H22N4OS2/c1-28-19-8-4-7-18(13-19)24-21(27)15-29-22-23-11-9-20(25-22)26-12-10-16-5-2-3-6-17(16)14-26/h2-9,11,13H,10,12,14-15H2,1H3,(H,24,27). The Morgan fingerprint density at radius 2 is 2.00 bits per heavy atom. The molecule has 0 atom stereocenters. The van der Waals surface area contributed by atoms with Crippen molar-refractivity contribution >= 4 is 40.9 Å². The van der Waals surface area contributed by atoms with Gasteiger partial charge in [0.2, 0.25) is 5.91 Å². The molecule has 0 spiro atoms. The second kappa shape index (κ2) is 9.33. The van der Waals surface area contributed by atoms with E-state index in [1.54, 1.807) is 18.0 Å². The zero-order valence-electron chi connectivity index (χ0n) is 16.2. The SMILES string of the molecule is CSc1cccc(NC(=O)CSc2nccc(N3CCc4ccccc4C3)n2)c1. The maximum absolute atomic E-state index is 12.3. The number of nitrogens with zero attached hydrogens (tertiary/aromatic N) is 3. The molecule has 148 valence electrons. The molecule has 0 bridgehead atoms. The Kier molecular flexibility index (Phi) is 6.36. The molecule has 2 aromatic carbocycles. The summed E-state index contributed by atoms with van der Waals surface area (Å²) in [5.74, 6) is 1.12. The van der Waals surface area contributed by atoms with Crippen LogP contribution < -0.4 is 10.2 Å². The van der Waals surface area contributed by atoms with Gasteiger partial charge in [0.1, 0.15) is 5.82 Å². The number of thioether (sulfide) groups is 2. The molecule has 0 radical (unpaired) electrons. The average molecular weight is 423 g/mol. The lowest BCUT2D eigenvalue weighted by atomic mass is 10.00. The molecule has 1 aromatic heterocycles. The van der Waals surface area contributed by atoms with Crippen molar-refractivity contribution in [3.8, 4) is 0 Å². The van der Waals surface area contributed by atoms with E-state index in [0.29, 0.717) is 5.16 Å². The highest BCUT2D eigenvalue weighted by atomic mass is 32.2. The Balaban J connectivity index is 1.36. The fourth-order valence-electron chi connectivity index (χ4n) is 3.30. The minimum absolute atomic E-state index is 0.0610. The van der Waals surface area contributed by atoms with Crippen molar-refractivity contribution < 1.29 is 4.79 Å². The molecule has 0 fully saturated rings. The van der Waals surface area contributed by atoms with Crippen LogP contribution in [0, 0.1) is 0 Å². The van der Waals surface area contributed by atoms with Gasteiger partial charge in [0, 0.05) is 29.9 Å². The summed E-state index contributed by atoms with van der Waals surface area (Å²) in [6.07, 6.45) is 4.80. The lowest BCUT2D eigenvalue weighted by Gasteiger charge is -2.29. The van der Waals surface area contributed by atoms with Crippen molar-refractivity contribution in [2.24, 2.45) is 0 Å². The highest BCUT2D eigenvalue weighted by Gasteiger charge is 2.17. The lowest BCUT2D eigenvalue weighted by molar-refractivity contribution is -0.113. The Bertz CT molecular complexity index is 1010. The summed E-state index contributed by atoms with van der Waals surface area (Å²) in [6, 6.07) is 18.3. The first-order chi connectivity index (χ1) is 14.2. The first-order valence-electron chi connectivity index (χ1n) is 9.43. The van der Waals surface area contributed by atoms with E-state index in [0.717, 1.165) is 35.9 Å². The summed E-state index contributed by atoms with van der Waals surface area (Å²) in [7, 11) is 0. The summed E-state index contributed by atoms with van der Waals surface area (Å²) < 4.78 is 0. The van der Waals surface area contributed by atoms with Crippen molar-refractivity contribution in [3.63, 3.8) is 0 Å². The van der Waals surface area contributed by atoms with Crippen molar-refractivity contribution in [1.29, 1.82) is 0 Å². The van der Waals surface area contributed by atoms with Crippen LogP contribution in [0.1, 0.15) is 11.1 Å². The van der Waals surface area contributed by atoms with Gasteiger partial charge in [0.25, 0.3) is 0 Å². The summed E-state index contributed by atoms with van der Waals surface area (Å²) in [4.78, 5) is 24.7. The van der Waals surface area contributed by atoms with Crippen molar-refractivity contribution in [3.05, 3.63) is 71.9 Å². The Morgan fingerprint density at radius 3 is 2.86 bits per heavy atom. The average Bonchev–Trinajstić information content (AvgIpc) is 2.77. The van der Waals surface area contributed by atoms with E-state index in [4.69, 9.17) is 0 Å². The van der Waals surface area contributed by atoms with Gasteiger partial charge < -0.3 is 10.2 Å². The molecule has 0 saturated heterocycles. The molecule has 1 N–H and O–H groups in total. The van der Waals surface area contributed by atoms with Gasteiger partial charge in [-0.1, -0.05) is 42.1 Å². The normalized spacial score (nSPS) is 13.1. The van der Waals surface area contributed by atoms with Crippen LogP contribution >= 0.6 is 23.5 Å². The molecular weight excluding hydrogens is 400 g/mol. The van der Waals surface area contributed by atoms with Crippen LogP contribution in [0.15, 0.2) is 70.8 Å². The van der Waals surface area contributed by atoms with E-state index in [1.807, 2.05) is 36.6 Å². The number of nitrogens with one attached hydrogen (secondary N) is 1. The van der Waals surface area contributed by atoms with Gasteiger partial charge in [0.15, 0.2) is 5.16 Å². The van der Waals surface area contributed by atoms with Crippen LogP contribution in [0.3, 0.4) is 0 Å². The second-order valence-electron chi connectivity index (χ2n) is 6.71. The predicted molar refractivity (Wildman–Crippen MR) is 121 cm³/mol. The molecule has 3 aromatic rings. The summed E-state index contributed by atoms with van der Waals surface area (Å²) in [5, 5.41) is 3.56. The third kappa shape index (κ3) is 5.10. The minimum Gasteiger partial charge on any atom is -0.352 e. The summed E-state index contributed by atoms with van der Waals surface area (Å²) in [6.45, 7) is 1.79. The molecule has 0 saturated carbocycles. The van der Waals surface area contributed by atoms with E-state index in [9.17, 15) is 4.79 Å². The topological polar surface area (TPSA) is 58.1 Å². The molecule has 4 rings (SSSR count). The summed E-state index contributed by atoms with van der Waals surface area (Å²) in [5.41, 5.74) is 3.57. The molecule has 29 heavy (non-hydrogen) atoms. The van der Waals surface area contributed by atoms with Crippen LogP contribution in [-0.4, -0.2) is 34.4 Å². The number of hydrogen-bond acceptors (Lipinski definition) is 6. The van der Waals surface area contributed by atoms with Gasteiger partial charge in [0.05, 0.1) is 5.75 Å². The van der Waals surface area contributed by atoms with Crippen LogP contribution in [0.2, 0.25) is 0 Å². The number of benzene rings is 2. The van der Waals surface area contributed by atoms with Crippen molar-refractivity contribution in [2.75, 3.05) is 28.8 Å². The summed E-state index contributed by atoms with van der Waals surface area (Å²) >= 11 is 3.01. The number of rotatable bonds is 6. The number of anilines is 2. The van der Waals surface area contributed by atoms with Crippen LogP contribution in [-0.2, 0) is 17.8 Å². The Hall–Kier alpha value is -2.51. The zero-order chi connectivity index (χ0) is 20.1. The molecule has 7 heteroatoms. The fourth-order valence-corrected chi connectivity index (χ4v) is 4.38. The van der Waals surface area contributed by atoms with Crippen molar-refractivity contribution in [2.45, 2.75) is 23.0 Å². The highest BCUT2D eigenvalue weighted by molar-refractivity contribution is 7.99. The number of carbonyl (C=O) groups excluding carboxylic acids is 1. The Morgan fingerprint density at radius 1 is 1.14 bits per heavy atom. The molecule has 1 amide bonds. The number of hydrogen-bond donors (Lipinski definition) is 1. The van der Waals surface area contributed by atoms with Gasteiger partial charge >= 0.3 is 0 Å². The minimum atomic E-state index is -0.0610. The zero-order valence-corrected chi connectivity index (χ0v) is 17.8. The molecule has 0 aliphatic carbocycles. The molecular formula is C22H22N4OS2. The molecule has 0 unspecified atom stereocenters. The second-order valence-corrected chi connectivity index (χ2v) is 8.53. The molecule has 1 aliphatic rings. The molecule has 2 heterocycles. The van der Waals surface area contributed by atoms with Crippen LogP contribution in [0.4, 0.5) is 11.5 Å². The van der Waals surface area contributed by atoms with E-state index in [2.05, 4.69) is 44.5 Å². The van der Waals surface area contributed by atoms with Gasteiger partial charge in [-0.3, -0.25) is 4.79 Å². The van der Waals surface area contributed by atoms with E-state index < -0.39 is 0 Å². The number of carbonyl (C=O) groups is 1. The molecule has 5 nitrogen and oxygen atoms in total. The maximum atomic E-state index is 12.3. The largest absolute Gasteiger partial charge is 0.352 e. The van der Waals surface area contributed by atoms with Crippen molar-refractivity contribution in [1.82, 2.24) is 9.97 Å². The third-order valence-corrected chi connectivity index (χ3v) is 6.35. The lowest BCUT2D eigenvalue weighted by Crippen LogP contribution is -2.31. The van der Waals surface area contributed by atoms with Crippen LogP contribution in [0.25, 0.3) is 0 Å². The van der Waals surface area contributed by atoms with Gasteiger partial charge in [-0.15, -0.1) is 11.8 Å². The van der Waals surface area contributed by atoms with E-state index >= 15 is 0 Å².